The lowest BCUT2D eigenvalue weighted by Crippen LogP contribution is -2.49. The van der Waals surface area contributed by atoms with E-state index in [4.69, 9.17) is 0 Å². The molecule has 106 valence electrons. The summed E-state index contributed by atoms with van der Waals surface area (Å²) in [5, 5.41) is 15.2. The molecule has 2 heterocycles. The first-order valence-electron chi connectivity index (χ1n) is 7.15. The molecule has 0 radical (unpaired) electrons. The highest BCUT2D eigenvalue weighted by Gasteiger charge is 2.17. The molecule has 19 heavy (non-hydrogen) atoms. The molecular formula is C14H25N5. The predicted molar refractivity (Wildman–Crippen MR) is 78.5 cm³/mol. The van der Waals surface area contributed by atoms with Gasteiger partial charge in [-0.05, 0) is 31.5 Å². The number of rotatable bonds is 5. The number of likely N-dealkylation sites (N-methyl/N-ethyl adjacent to an activating group) is 1. The van der Waals surface area contributed by atoms with Crippen LogP contribution in [0.1, 0.15) is 31.9 Å². The lowest BCUT2D eigenvalue weighted by Gasteiger charge is -2.33. The Morgan fingerprint density at radius 3 is 2.89 bits per heavy atom. The van der Waals surface area contributed by atoms with E-state index in [0.29, 0.717) is 12.0 Å². The Labute approximate surface area is 115 Å². The quantitative estimate of drug-likeness (QED) is 0.839. The van der Waals surface area contributed by atoms with E-state index in [0.717, 1.165) is 44.1 Å². The van der Waals surface area contributed by atoms with Crippen molar-refractivity contribution in [1.29, 1.82) is 0 Å². The van der Waals surface area contributed by atoms with Crippen molar-refractivity contribution < 1.29 is 0 Å². The molecule has 1 aromatic rings. The predicted octanol–water partition coefficient (Wildman–Crippen LogP) is 1.31. The Hall–Kier alpha value is -1.20. The zero-order chi connectivity index (χ0) is 13.7. The number of piperazine rings is 1. The van der Waals surface area contributed by atoms with Gasteiger partial charge in [-0.15, -0.1) is 5.10 Å². The normalized spacial score (nSPS) is 20.7. The highest BCUT2D eigenvalue weighted by Crippen LogP contribution is 2.12. The van der Waals surface area contributed by atoms with Crippen LogP contribution in [0.5, 0.6) is 0 Å². The lowest BCUT2D eigenvalue weighted by molar-refractivity contribution is 0.194. The summed E-state index contributed by atoms with van der Waals surface area (Å²) < 4.78 is 0. The van der Waals surface area contributed by atoms with Crippen LogP contribution >= 0.6 is 0 Å². The SMILES string of the molecule is CC(C)c1ccc(NCCC2CNCCN2C)nn1. The molecule has 0 aliphatic carbocycles. The first-order chi connectivity index (χ1) is 9.16. The molecule has 1 unspecified atom stereocenters. The Balaban J connectivity index is 1.75. The summed E-state index contributed by atoms with van der Waals surface area (Å²) in [7, 11) is 2.20. The molecular weight excluding hydrogens is 238 g/mol. The number of hydrogen-bond acceptors (Lipinski definition) is 5. The van der Waals surface area contributed by atoms with Gasteiger partial charge in [0.15, 0.2) is 0 Å². The van der Waals surface area contributed by atoms with Gasteiger partial charge in [0.25, 0.3) is 0 Å². The Kier molecular flexibility index (Phi) is 5.10. The molecule has 2 rings (SSSR count). The molecule has 0 aromatic carbocycles. The molecule has 0 saturated carbocycles. The monoisotopic (exact) mass is 263 g/mol. The third kappa shape index (κ3) is 4.14. The molecule has 5 heteroatoms. The van der Waals surface area contributed by atoms with E-state index in [9.17, 15) is 0 Å². The number of anilines is 1. The third-order valence-electron chi connectivity index (χ3n) is 3.70. The van der Waals surface area contributed by atoms with Crippen LogP contribution in [-0.4, -0.2) is 54.4 Å². The molecule has 1 aliphatic heterocycles. The highest BCUT2D eigenvalue weighted by molar-refractivity contribution is 5.33. The summed E-state index contributed by atoms with van der Waals surface area (Å²) in [6, 6.07) is 4.68. The van der Waals surface area contributed by atoms with Crippen molar-refractivity contribution in [3.05, 3.63) is 17.8 Å². The maximum absolute atomic E-state index is 4.22. The van der Waals surface area contributed by atoms with Gasteiger partial charge in [0.05, 0.1) is 5.69 Å². The summed E-state index contributed by atoms with van der Waals surface area (Å²) in [4.78, 5) is 2.42. The average Bonchev–Trinajstić information content (AvgIpc) is 2.41. The van der Waals surface area contributed by atoms with Gasteiger partial charge in [0.2, 0.25) is 0 Å². The molecule has 5 nitrogen and oxygen atoms in total. The van der Waals surface area contributed by atoms with Crippen LogP contribution in [0.25, 0.3) is 0 Å². The molecule has 1 fully saturated rings. The molecule has 1 aromatic heterocycles. The fourth-order valence-electron chi connectivity index (χ4n) is 2.30. The van der Waals surface area contributed by atoms with E-state index in [1.807, 2.05) is 12.1 Å². The van der Waals surface area contributed by atoms with E-state index < -0.39 is 0 Å². The molecule has 0 bridgehead atoms. The van der Waals surface area contributed by atoms with Crippen LogP contribution < -0.4 is 10.6 Å². The van der Waals surface area contributed by atoms with Gasteiger partial charge in [-0.2, -0.15) is 5.10 Å². The molecule has 1 saturated heterocycles. The smallest absolute Gasteiger partial charge is 0.148 e. The van der Waals surface area contributed by atoms with E-state index >= 15 is 0 Å². The second-order valence-electron chi connectivity index (χ2n) is 5.55. The van der Waals surface area contributed by atoms with Crippen molar-refractivity contribution in [2.75, 3.05) is 38.5 Å². The van der Waals surface area contributed by atoms with Gasteiger partial charge in [0, 0.05) is 32.2 Å². The minimum absolute atomic E-state index is 0.434. The summed E-state index contributed by atoms with van der Waals surface area (Å²) >= 11 is 0. The third-order valence-corrected chi connectivity index (χ3v) is 3.70. The first kappa shape index (κ1) is 14.2. The van der Waals surface area contributed by atoms with Crippen LogP contribution in [-0.2, 0) is 0 Å². The van der Waals surface area contributed by atoms with Gasteiger partial charge in [-0.1, -0.05) is 13.8 Å². The summed E-state index contributed by atoms with van der Waals surface area (Å²) in [5.74, 6) is 1.30. The largest absolute Gasteiger partial charge is 0.369 e. The Morgan fingerprint density at radius 1 is 1.42 bits per heavy atom. The van der Waals surface area contributed by atoms with Crippen LogP contribution in [0.3, 0.4) is 0 Å². The van der Waals surface area contributed by atoms with Gasteiger partial charge >= 0.3 is 0 Å². The fourth-order valence-corrected chi connectivity index (χ4v) is 2.30. The number of hydrogen-bond donors (Lipinski definition) is 2. The molecule has 1 atom stereocenters. The lowest BCUT2D eigenvalue weighted by atomic mass is 10.1. The van der Waals surface area contributed by atoms with Crippen molar-refractivity contribution in [1.82, 2.24) is 20.4 Å². The first-order valence-corrected chi connectivity index (χ1v) is 7.15. The van der Waals surface area contributed by atoms with E-state index in [1.165, 1.54) is 0 Å². The minimum Gasteiger partial charge on any atom is -0.369 e. The zero-order valence-electron chi connectivity index (χ0n) is 12.2. The van der Waals surface area contributed by atoms with E-state index in [1.54, 1.807) is 0 Å². The Morgan fingerprint density at radius 2 is 2.26 bits per heavy atom. The van der Waals surface area contributed by atoms with Crippen molar-refractivity contribution in [3.63, 3.8) is 0 Å². The van der Waals surface area contributed by atoms with Crippen molar-refractivity contribution in [2.24, 2.45) is 0 Å². The van der Waals surface area contributed by atoms with Gasteiger partial charge < -0.3 is 15.5 Å². The second-order valence-corrected chi connectivity index (χ2v) is 5.55. The van der Waals surface area contributed by atoms with Crippen molar-refractivity contribution >= 4 is 5.82 Å². The zero-order valence-corrected chi connectivity index (χ0v) is 12.2. The summed E-state index contributed by atoms with van der Waals surface area (Å²) in [6.07, 6.45) is 1.12. The van der Waals surface area contributed by atoms with Gasteiger partial charge in [-0.3, -0.25) is 0 Å². The number of nitrogens with zero attached hydrogens (tertiary/aromatic N) is 3. The standard InChI is InChI=1S/C14H25N5/c1-11(2)13-4-5-14(18-17-13)16-7-6-12-10-15-8-9-19(12)3/h4-5,11-12,15H,6-10H2,1-3H3,(H,16,18). The van der Waals surface area contributed by atoms with E-state index in [2.05, 4.69) is 46.6 Å². The van der Waals surface area contributed by atoms with Crippen molar-refractivity contribution in [2.45, 2.75) is 32.2 Å². The average molecular weight is 263 g/mol. The van der Waals surface area contributed by atoms with Gasteiger partial charge in [-0.25, -0.2) is 0 Å². The molecule has 0 spiro atoms. The van der Waals surface area contributed by atoms with Crippen LogP contribution in [0.2, 0.25) is 0 Å². The number of aromatic nitrogens is 2. The second kappa shape index (κ2) is 6.82. The minimum atomic E-state index is 0.434. The van der Waals surface area contributed by atoms with Gasteiger partial charge in [0.1, 0.15) is 5.82 Å². The van der Waals surface area contributed by atoms with Crippen LogP contribution in [0.4, 0.5) is 5.82 Å². The maximum atomic E-state index is 4.22. The topological polar surface area (TPSA) is 53.1 Å². The molecule has 1 aliphatic rings. The Bertz CT molecular complexity index is 376. The maximum Gasteiger partial charge on any atom is 0.148 e. The molecule has 2 N–H and O–H groups in total. The molecule has 0 amide bonds. The van der Waals surface area contributed by atoms with E-state index in [-0.39, 0.29) is 0 Å². The number of nitrogens with one attached hydrogen (secondary N) is 2. The van der Waals surface area contributed by atoms with Crippen molar-refractivity contribution in [3.8, 4) is 0 Å². The summed E-state index contributed by atoms with van der Waals surface area (Å²) in [5.41, 5.74) is 1.04. The summed E-state index contributed by atoms with van der Waals surface area (Å²) in [6.45, 7) is 8.50. The highest BCUT2D eigenvalue weighted by atomic mass is 15.2. The van der Waals surface area contributed by atoms with Crippen LogP contribution in [0, 0.1) is 0 Å². The van der Waals surface area contributed by atoms with Crippen LogP contribution in [0.15, 0.2) is 12.1 Å². The fraction of sp³-hybridized carbons (Fsp3) is 0.714.